The average Bonchev–Trinajstić information content (AvgIpc) is 3.12. The van der Waals surface area contributed by atoms with E-state index in [2.05, 4.69) is 24.4 Å². The van der Waals surface area contributed by atoms with Crippen LogP contribution in [0.2, 0.25) is 0 Å². The summed E-state index contributed by atoms with van der Waals surface area (Å²) in [5, 5.41) is 23.3. The first-order valence-electron chi connectivity index (χ1n) is 19.5. The van der Waals surface area contributed by atoms with Crippen molar-refractivity contribution in [1.82, 2.24) is 5.32 Å². The highest BCUT2D eigenvalue weighted by molar-refractivity contribution is 5.85. The predicted octanol–water partition coefficient (Wildman–Crippen LogP) is 4.89. The smallest absolute Gasteiger partial charge is 0.324 e. The molecule has 1 unspecified atom stereocenters. The molecular formula is C38H70N4O10. The number of hydrogen-bond donors (Lipinski definition) is 6. The van der Waals surface area contributed by atoms with E-state index in [1.54, 1.807) is 0 Å². The van der Waals surface area contributed by atoms with E-state index in [4.69, 9.17) is 31.4 Å². The minimum Gasteiger partial charge on any atom is -0.481 e. The van der Waals surface area contributed by atoms with Crippen LogP contribution in [0.5, 0.6) is 0 Å². The van der Waals surface area contributed by atoms with Crippen LogP contribution in [0.15, 0.2) is 12.2 Å². The molecule has 0 spiro atoms. The van der Waals surface area contributed by atoms with Crippen LogP contribution in [0.3, 0.4) is 0 Å². The van der Waals surface area contributed by atoms with Crippen molar-refractivity contribution in [1.29, 1.82) is 0 Å². The summed E-state index contributed by atoms with van der Waals surface area (Å²) in [6, 6.07) is 0. The zero-order valence-corrected chi connectivity index (χ0v) is 31.8. The van der Waals surface area contributed by atoms with Crippen LogP contribution < -0.4 is 22.5 Å². The number of hydrogen-bond acceptors (Lipinski definition) is 12. The lowest BCUT2D eigenvalue weighted by Gasteiger charge is -2.41. The summed E-state index contributed by atoms with van der Waals surface area (Å²) >= 11 is 0. The Morgan fingerprint density at radius 3 is 1.33 bits per heavy atom. The molecule has 0 aromatic carbocycles. The summed E-state index contributed by atoms with van der Waals surface area (Å²) in [6.07, 6.45) is 19.3. The Morgan fingerprint density at radius 1 is 0.577 bits per heavy atom. The van der Waals surface area contributed by atoms with E-state index in [1.807, 2.05) is 0 Å². The van der Waals surface area contributed by atoms with Gasteiger partial charge in [-0.3, -0.25) is 29.3 Å². The maximum atomic E-state index is 13.0. The van der Waals surface area contributed by atoms with E-state index in [0.717, 1.165) is 38.5 Å². The number of carbonyl (C=O) groups is 5. The van der Waals surface area contributed by atoms with Crippen LogP contribution >= 0.6 is 0 Å². The van der Waals surface area contributed by atoms with Crippen molar-refractivity contribution >= 4 is 29.8 Å². The first kappa shape index (κ1) is 48.9. The molecule has 0 radical (unpaired) electrons. The molecule has 0 rings (SSSR count). The summed E-state index contributed by atoms with van der Waals surface area (Å²) < 4.78 is 16.4. The lowest BCUT2D eigenvalue weighted by Crippen LogP contribution is -2.68. The van der Waals surface area contributed by atoms with Gasteiger partial charge in [0.2, 0.25) is 0 Å². The van der Waals surface area contributed by atoms with Crippen molar-refractivity contribution in [3.8, 4) is 0 Å². The zero-order chi connectivity index (χ0) is 38.9. The second-order valence-corrected chi connectivity index (χ2v) is 13.7. The quantitative estimate of drug-likeness (QED) is 0.0217. The van der Waals surface area contributed by atoms with E-state index in [0.29, 0.717) is 32.1 Å². The monoisotopic (exact) mass is 743 g/mol. The van der Waals surface area contributed by atoms with Crippen LogP contribution in [-0.4, -0.2) is 90.6 Å². The molecule has 0 aliphatic heterocycles. The number of nitrogens with one attached hydrogen (secondary N) is 1. The molecule has 0 saturated carbocycles. The molecule has 9 N–H and O–H groups in total. The molecule has 14 heteroatoms. The number of carboxylic acids is 2. The van der Waals surface area contributed by atoms with Gasteiger partial charge in [-0.2, -0.15) is 0 Å². The number of nitrogens with two attached hydrogens (primary N) is 3. The third-order valence-electron chi connectivity index (χ3n) is 8.77. The van der Waals surface area contributed by atoms with Gasteiger partial charge >= 0.3 is 29.8 Å². The highest BCUT2D eigenvalue weighted by Gasteiger charge is 2.49. The molecule has 14 nitrogen and oxygen atoms in total. The predicted molar refractivity (Wildman–Crippen MR) is 200 cm³/mol. The molecule has 52 heavy (non-hydrogen) atoms. The molecule has 0 aromatic rings. The van der Waals surface area contributed by atoms with E-state index >= 15 is 0 Å². The number of carboxylic acid groups (broad SMARTS) is 2. The van der Waals surface area contributed by atoms with Crippen molar-refractivity contribution < 1.29 is 48.4 Å². The lowest BCUT2D eigenvalue weighted by molar-refractivity contribution is -0.163. The van der Waals surface area contributed by atoms with E-state index in [1.165, 1.54) is 38.5 Å². The number of esters is 3. The Hall–Kier alpha value is -3.07. The van der Waals surface area contributed by atoms with Crippen molar-refractivity contribution in [2.45, 2.75) is 159 Å². The van der Waals surface area contributed by atoms with Gasteiger partial charge in [-0.25, -0.2) is 0 Å². The summed E-state index contributed by atoms with van der Waals surface area (Å²) in [7, 11) is 0. The van der Waals surface area contributed by atoms with Gasteiger partial charge in [0.25, 0.3) is 0 Å². The number of carbonyl (C=O) groups excluding carboxylic acids is 3. The van der Waals surface area contributed by atoms with Crippen LogP contribution in [0.25, 0.3) is 0 Å². The molecule has 0 fully saturated rings. The molecule has 0 aliphatic rings. The maximum absolute atomic E-state index is 13.0. The fourth-order valence-electron chi connectivity index (χ4n) is 5.72. The fourth-order valence-corrected chi connectivity index (χ4v) is 5.72. The van der Waals surface area contributed by atoms with Gasteiger partial charge in [-0.05, 0) is 71.0 Å². The first-order valence-corrected chi connectivity index (χ1v) is 19.5. The number of allylic oxidation sites excluding steroid dienone is 2. The Bertz CT molecular complexity index is 966. The van der Waals surface area contributed by atoms with Gasteiger partial charge in [-0.15, -0.1) is 0 Å². The third-order valence-corrected chi connectivity index (χ3v) is 8.77. The first-order chi connectivity index (χ1) is 25.0. The second kappa shape index (κ2) is 31.5. The number of ether oxygens (including phenoxy) is 3. The van der Waals surface area contributed by atoms with Crippen molar-refractivity contribution in [3.05, 3.63) is 12.2 Å². The van der Waals surface area contributed by atoms with E-state index in [9.17, 15) is 34.2 Å². The standard InChI is InChI=1S/C38H70N4O10/c1-2-3-4-5-6-7-8-9-10-11-12-13-14-15-16-17-24-38(36(48)49,28-32(43)44)42-37(29-50-33(45)21-18-25-39,30-51-34(46)22-19-26-40)31-52-35(47)23-20-27-41/h9-10,42H,2-8,11-31,39-41H2,1H3,(H,43,44)(H,48,49)/b10-9+. The SMILES string of the molecule is CCCCCCCC/C=C/CCCCCCCCC(CC(=O)O)(NC(COC(=O)CCCN)(COC(=O)CCCN)COC(=O)CCCN)C(=O)O. The molecule has 0 bridgehead atoms. The molecule has 0 amide bonds. The molecule has 0 aromatic heterocycles. The normalized spacial score (nSPS) is 12.8. The molecule has 0 aliphatic carbocycles. The van der Waals surface area contributed by atoms with Gasteiger partial charge in [0, 0.05) is 19.3 Å². The summed E-state index contributed by atoms with van der Waals surface area (Å²) in [6.45, 7) is 1.18. The Labute approximate surface area is 311 Å². The summed E-state index contributed by atoms with van der Waals surface area (Å²) in [4.78, 5) is 62.8. The average molecular weight is 743 g/mol. The molecule has 0 saturated heterocycles. The van der Waals surface area contributed by atoms with Crippen molar-refractivity contribution in [2.24, 2.45) is 17.2 Å². The van der Waals surface area contributed by atoms with Gasteiger partial charge in [-0.1, -0.05) is 83.3 Å². The van der Waals surface area contributed by atoms with Crippen LogP contribution in [0, 0.1) is 0 Å². The molecule has 1 atom stereocenters. The van der Waals surface area contributed by atoms with Crippen LogP contribution in [-0.2, 0) is 38.2 Å². The molecular weight excluding hydrogens is 672 g/mol. The Kier molecular flexibility index (Phi) is 29.6. The largest absolute Gasteiger partial charge is 0.481 e. The lowest BCUT2D eigenvalue weighted by atomic mass is 9.84. The minimum absolute atomic E-state index is 0.0339. The van der Waals surface area contributed by atoms with Gasteiger partial charge in [0.1, 0.15) is 30.9 Å². The van der Waals surface area contributed by atoms with Crippen LogP contribution in [0.1, 0.15) is 148 Å². The molecule has 302 valence electrons. The van der Waals surface area contributed by atoms with E-state index < -0.39 is 67.2 Å². The Morgan fingerprint density at radius 2 is 0.962 bits per heavy atom. The van der Waals surface area contributed by atoms with Crippen LogP contribution in [0.4, 0.5) is 0 Å². The van der Waals surface area contributed by atoms with Crippen molar-refractivity contribution in [2.75, 3.05) is 39.5 Å². The number of unbranched alkanes of at least 4 members (excludes halogenated alkanes) is 12. The van der Waals surface area contributed by atoms with Gasteiger partial charge in [0.05, 0.1) is 6.42 Å². The van der Waals surface area contributed by atoms with E-state index in [-0.39, 0.29) is 45.3 Å². The summed E-state index contributed by atoms with van der Waals surface area (Å²) in [5.74, 6) is -4.81. The topological polar surface area (TPSA) is 244 Å². The number of aliphatic carboxylic acids is 2. The fraction of sp³-hybridized carbons (Fsp3) is 0.816. The molecule has 0 heterocycles. The highest BCUT2D eigenvalue weighted by atomic mass is 16.6. The summed E-state index contributed by atoms with van der Waals surface area (Å²) in [5.41, 5.74) is 12.7. The van der Waals surface area contributed by atoms with Gasteiger partial charge < -0.3 is 41.6 Å². The zero-order valence-electron chi connectivity index (χ0n) is 31.8. The highest BCUT2D eigenvalue weighted by Crippen LogP contribution is 2.26. The number of rotatable bonds is 36. The Balaban J connectivity index is 5.73. The minimum atomic E-state index is -2.08. The maximum Gasteiger partial charge on any atom is 0.324 e. The third kappa shape index (κ3) is 25.0. The van der Waals surface area contributed by atoms with Crippen molar-refractivity contribution in [3.63, 3.8) is 0 Å². The van der Waals surface area contributed by atoms with Gasteiger partial charge in [0.15, 0.2) is 0 Å². The second-order valence-electron chi connectivity index (χ2n) is 13.7.